The minimum atomic E-state index is -0.724. The summed E-state index contributed by atoms with van der Waals surface area (Å²) in [6.07, 6.45) is 3.57. The van der Waals surface area contributed by atoms with Gasteiger partial charge in [0, 0.05) is 0 Å². The van der Waals surface area contributed by atoms with Gasteiger partial charge in [-0.3, -0.25) is 4.79 Å². The Kier molecular flexibility index (Phi) is 4.00. The average molecular weight is 227 g/mol. The zero-order valence-electron chi connectivity index (χ0n) is 11.0. The molecule has 0 heterocycles. The summed E-state index contributed by atoms with van der Waals surface area (Å²) in [5.41, 5.74) is 5.71. The Morgan fingerprint density at radius 2 is 1.88 bits per heavy atom. The molecular formula is C13H25NO2. The molecule has 1 fully saturated rings. The van der Waals surface area contributed by atoms with Gasteiger partial charge in [-0.1, -0.05) is 20.8 Å². The highest BCUT2D eigenvalue weighted by molar-refractivity contribution is 5.80. The van der Waals surface area contributed by atoms with Crippen LogP contribution in [0.1, 0.15) is 53.4 Å². The number of esters is 1. The first-order chi connectivity index (χ1) is 7.29. The van der Waals surface area contributed by atoms with Crippen molar-refractivity contribution in [3.8, 4) is 0 Å². The zero-order chi connectivity index (χ0) is 12.4. The second kappa shape index (κ2) is 4.74. The Hall–Kier alpha value is -0.570. The normalized spacial score (nSPS) is 31.2. The Morgan fingerprint density at radius 1 is 1.38 bits per heavy atom. The van der Waals surface area contributed by atoms with Gasteiger partial charge in [-0.25, -0.2) is 0 Å². The first kappa shape index (κ1) is 13.5. The lowest BCUT2D eigenvalue weighted by atomic mass is 9.67. The molecule has 0 unspecified atom stereocenters. The zero-order valence-corrected chi connectivity index (χ0v) is 11.0. The number of ether oxygens (including phenoxy) is 1. The van der Waals surface area contributed by atoms with Gasteiger partial charge in [0.25, 0.3) is 0 Å². The van der Waals surface area contributed by atoms with Crippen LogP contribution in [-0.2, 0) is 9.53 Å². The fourth-order valence-corrected chi connectivity index (χ4v) is 2.48. The summed E-state index contributed by atoms with van der Waals surface area (Å²) in [6.45, 7) is 9.01. The number of rotatable bonds is 2. The van der Waals surface area contributed by atoms with Crippen LogP contribution >= 0.6 is 0 Å². The summed E-state index contributed by atoms with van der Waals surface area (Å²) in [5.74, 6) is 0.445. The molecular weight excluding hydrogens is 202 g/mol. The summed E-state index contributed by atoms with van der Waals surface area (Å²) < 4.78 is 5.04. The van der Waals surface area contributed by atoms with E-state index in [9.17, 15) is 4.79 Å². The van der Waals surface area contributed by atoms with Crippen molar-refractivity contribution < 1.29 is 9.53 Å². The Labute approximate surface area is 98.7 Å². The van der Waals surface area contributed by atoms with Crippen LogP contribution in [0.15, 0.2) is 0 Å². The molecule has 3 nitrogen and oxygen atoms in total. The van der Waals surface area contributed by atoms with Crippen molar-refractivity contribution in [3.05, 3.63) is 0 Å². The summed E-state index contributed by atoms with van der Waals surface area (Å²) >= 11 is 0. The van der Waals surface area contributed by atoms with Crippen molar-refractivity contribution >= 4 is 5.97 Å². The molecule has 0 spiro atoms. The topological polar surface area (TPSA) is 52.3 Å². The number of hydrogen-bond donors (Lipinski definition) is 1. The van der Waals surface area contributed by atoms with E-state index in [1.54, 1.807) is 0 Å². The first-order valence-corrected chi connectivity index (χ1v) is 6.25. The fourth-order valence-electron chi connectivity index (χ4n) is 2.48. The van der Waals surface area contributed by atoms with E-state index in [2.05, 4.69) is 20.8 Å². The van der Waals surface area contributed by atoms with E-state index >= 15 is 0 Å². The Morgan fingerprint density at radius 3 is 2.25 bits per heavy atom. The summed E-state index contributed by atoms with van der Waals surface area (Å²) in [6, 6.07) is 0. The quantitative estimate of drug-likeness (QED) is 0.737. The molecule has 94 valence electrons. The van der Waals surface area contributed by atoms with Crippen molar-refractivity contribution in [3.63, 3.8) is 0 Å². The van der Waals surface area contributed by atoms with Crippen LogP contribution in [0.2, 0.25) is 0 Å². The monoisotopic (exact) mass is 227 g/mol. The van der Waals surface area contributed by atoms with Gasteiger partial charge in [-0.2, -0.15) is 0 Å². The highest BCUT2D eigenvalue weighted by Crippen LogP contribution is 2.40. The van der Waals surface area contributed by atoms with Crippen molar-refractivity contribution in [2.24, 2.45) is 17.1 Å². The maximum Gasteiger partial charge on any atom is 0.326 e. The van der Waals surface area contributed by atoms with Crippen LogP contribution < -0.4 is 5.73 Å². The van der Waals surface area contributed by atoms with E-state index in [-0.39, 0.29) is 5.97 Å². The number of carbonyl (C=O) groups excluding carboxylic acids is 1. The molecule has 1 aliphatic rings. The van der Waals surface area contributed by atoms with E-state index < -0.39 is 5.54 Å². The van der Waals surface area contributed by atoms with E-state index in [1.165, 1.54) is 0 Å². The van der Waals surface area contributed by atoms with Gasteiger partial charge < -0.3 is 10.5 Å². The molecule has 1 rings (SSSR count). The highest BCUT2D eigenvalue weighted by Gasteiger charge is 2.41. The lowest BCUT2D eigenvalue weighted by Crippen LogP contribution is -2.52. The average Bonchev–Trinajstić information content (AvgIpc) is 2.17. The van der Waals surface area contributed by atoms with Crippen LogP contribution in [-0.4, -0.2) is 18.1 Å². The van der Waals surface area contributed by atoms with Crippen LogP contribution in [0.4, 0.5) is 0 Å². The van der Waals surface area contributed by atoms with Crippen molar-refractivity contribution in [1.82, 2.24) is 0 Å². The molecule has 0 saturated heterocycles. The molecule has 3 heteroatoms. The van der Waals surface area contributed by atoms with Gasteiger partial charge in [0.1, 0.15) is 5.54 Å². The van der Waals surface area contributed by atoms with E-state index in [0.717, 1.165) is 25.7 Å². The third kappa shape index (κ3) is 2.97. The third-order valence-electron chi connectivity index (χ3n) is 3.78. The van der Waals surface area contributed by atoms with Gasteiger partial charge in [-0.05, 0) is 43.9 Å². The van der Waals surface area contributed by atoms with Crippen molar-refractivity contribution in [2.45, 2.75) is 58.9 Å². The van der Waals surface area contributed by atoms with Crippen LogP contribution in [0, 0.1) is 11.3 Å². The first-order valence-electron chi connectivity index (χ1n) is 6.25. The second-order valence-electron chi connectivity index (χ2n) is 6.02. The lowest BCUT2D eigenvalue weighted by Gasteiger charge is -2.40. The molecule has 0 atom stereocenters. The van der Waals surface area contributed by atoms with Gasteiger partial charge in [0.2, 0.25) is 0 Å². The van der Waals surface area contributed by atoms with Gasteiger partial charge in [-0.15, -0.1) is 0 Å². The minimum Gasteiger partial charge on any atom is -0.465 e. The SMILES string of the molecule is CCOC(=O)C1(N)CCC(C(C)(C)C)CC1. The molecule has 0 bridgehead atoms. The largest absolute Gasteiger partial charge is 0.465 e. The third-order valence-corrected chi connectivity index (χ3v) is 3.78. The molecule has 0 aromatic carbocycles. The van der Waals surface area contributed by atoms with Crippen molar-refractivity contribution in [2.75, 3.05) is 6.61 Å². The smallest absolute Gasteiger partial charge is 0.326 e. The fraction of sp³-hybridized carbons (Fsp3) is 0.923. The van der Waals surface area contributed by atoms with Crippen LogP contribution in [0.25, 0.3) is 0 Å². The van der Waals surface area contributed by atoms with Gasteiger partial charge >= 0.3 is 5.97 Å². The van der Waals surface area contributed by atoms with Crippen molar-refractivity contribution in [1.29, 1.82) is 0 Å². The predicted octanol–water partition coefficient (Wildman–Crippen LogP) is 2.48. The van der Waals surface area contributed by atoms with E-state index in [4.69, 9.17) is 10.5 Å². The maximum absolute atomic E-state index is 11.7. The number of hydrogen-bond acceptors (Lipinski definition) is 3. The standard InChI is InChI=1S/C13H25NO2/c1-5-16-11(15)13(14)8-6-10(7-9-13)12(2,3)4/h10H,5-9,14H2,1-4H3. The molecule has 0 amide bonds. The maximum atomic E-state index is 11.7. The highest BCUT2D eigenvalue weighted by atomic mass is 16.5. The van der Waals surface area contributed by atoms with Crippen LogP contribution in [0.5, 0.6) is 0 Å². The Bertz CT molecular complexity index is 247. The second-order valence-corrected chi connectivity index (χ2v) is 6.02. The van der Waals surface area contributed by atoms with E-state index in [1.807, 2.05) is 6.92 Å². The summed E-state index contributed by atoms with van der Waals surface area (Å²) in [7, 11) is 0. The summed E-state index contributed by atoms with van der Waals surface area (Å²) in [4.78, 5) is 11.7. The number of nitrogens with two attached hydrogens (primary N) is 1. The molecule has 0 aromatic heterocycles. The molecule has 0 radical (unpaired) electrons. The molecule has 16 heavy (non-hydrogen) atoms. The summed E-state index contributed by atoms with van der Waals surface area (Å²) in [5, 5.41) is 0. The lowest BCUT2D eigenvalue weighted by molar-refractivity contribution is -0.151. The van der Waals surface area contributed by atoms with Crippen LogP contribution in [0.3, 0.4) is 0 Å². The van der Waals surface area contributed by atoms with Gasteiger partial charge in [0.15, 0.2) is 0 Å². The minimum absolute atomic E-state index is 0.220. The predicted molar refractivity (Wildman–Crippen MR) is 65.0 cm³/mol. The molecule has 1 saturated carbocycles. The molecule has 0 aromatic rings. The molecule has 0 aliphatic heterocycles. The number of carbonyl (C=O) groups is 1. The van der Waals surface area contributed by atoms with E-state index in [0.29, 0.717) is 17.9 Å². The molecule has 1 aliphatic carbocycles. The Balaban J connectivity index is 2.56. The van der Waals surface area contributed by atoms with Gasteiger partial charge in [0.05, 0.1) is 6.61 Å². The molecule has 2 N–H and O–H groups in total.